The second kappa shape index (κ2) is 5.89. The number of hydrogen-bond donors (Lipinski definition) is 0. The predicted octanol–water partition coefficient (Wildman–Crippen LogP) is 4.04. The van der Waals surface area contributed by atoms with E-state index in [1.165, 1.54) is 11.1 Å². The lowest BCUT2D eigenvalue weighted by atomic mass is 9.99. The molecule has 0 bridgehead atoms. The van der Waals surface area contributed by atoms with Gasteiger partial charge >= 0.3 is 0 Å². The minimum absolute atomic E-state index is 0.112. The Balaban J connectivity index is 2.16. The summed E-state index contributed by atoms with van der Waals surface area (Å²) in [5, 5.41) is 0. The molecule has 1 aromatic rings. The van der Waals surface area contributed by atoms with Crippen molar-refractivity contribution in [1.29, 1.82) is 0 Å². The summed E-state index contributed by atoms with van der Waals surface area (Å²) in [6, 6.07) is 8.17. The minimum Gasteiger partial charge on any atom is -0.322 e. The van der Waals surface area contributed by atoms with E-state index in [-0.39, 0.29) is 11.4 Å². The topological polar surface area (TPSA) is 20.3 Å². The van der Waals surface area contributed by atoms with Gasteiger partial charge in [0.05, 0.1) is 0 Å². The van der Waals surface area contributed by atoms with Crippen LogP contribution in [0.2, 0.25) is 0 Å². The summed E-state index contributed by atoms with van der Waals surface area (Å²) in [6.45, 7) is 2.46. The molecule has 1 aliphatic heterocycles. The summed E-state index contributed by atoms with van der Waals surface area (Å²) in [6.07, 6.45) is 3.30. The SMILES string of the molecule is CCC(=O)N1CC=C(c2ccc(Br)cc2)CC1Cl. The maximum Gasteiger partial charge on any atom is 0.223 e. The fraction of sp³-hybridized carbons (Fsp3) is 0.357. The number of alkyl halides is 1. The van der Waals surface area contributed by atoms with Crippen LogP contribution in [0.25, 0.3) is 5.57 Å². The Morgan fingerprint density at radius 3 is 2.67 bits per heavy atom. The van der Waals surface area contributed by atoms with Gasteiger partial charge in [-0.3, -0.25) is 4.79 Å². The van der Waals surface area contributed by atoms with Crippen molar-refractivity contribution in [2.75, 3.05) is 6.54 Å². The van der Waals surface area contributed by atoms with Crippen molar-refractivity contribution in [1.82, 2.24) is 4.90 Å². The number of carbonyl (C=O) groups excluding carboxylic acids is 1. The number of hydrogen-bond acceptors (Lipinski definition) is 1. The lowest BCUT2D eigenvalue weighted by Crippen LogP contribution is -2.39. The van der Waals surface area contributed by atoms with Gasteiger partial charge in [-0.2, -0.15) is 0 Å². The first-order valence-corrected chi connectivity index (χ1v) is 7.23. The fourth-order valence-corrected chi connectivity index (χ4v) is 2.68. The molecule has 2 rings (SSSR count). The lowest BCUT2D eigenvalue weighted by Gasteiger charge is -2.31. The number of halogens is 2. The quantitative estimate of drug-likeness (QED) is 0.592. The van der Waals surface area contributed by atoms with Crippen molar-refractivity contribution in [3.8, 4) is 0 Å². The third-order valence-electron chi connectivity index (χ3n) is 3.10. The van der Waals surface area contributed by atoms with Crippen LogP contribution in [0.15, 0.2) is 34.8 Å². The van der Waals surface area contributed by atoms with Crippen LogP contribution in [-0.4, -0.2) is 22.9 Å². The van der Waals surface area contributed by atoms with Gasteiger partial charge in [-0.1, -0.05) is 52.7 Å². The average Bonchev–Trinajstić information content (AvgIpc) is 2.38. The van der Waals surface area contributed by atoms with Crippen molar-refractivity contribution in [3.63, 3.8) is 0 Å². The number of carbonyl (C=O) groups is 1. The van der Waals surface area contributed by atoms with Gasteiger partial charge in [-0.25, -0.2) is 0 Å². The van der Waals surface area contributed by atoms with Crippen LogP contribution in [0.3, 0.4) is 0 Å². The standard InChI is InChI=1S/C14H15BrClNO/c1-2-14(18)17-8-7-11(9-13(17)16)10-3-5-12(15)6-4-10/h3-7,13H,2,8-9H2,1H3. The molecular formula is C14H15BrClNO. The van der Waals surface area contributed by atoms with Crippen molar-refractivity contribution in [3.05, 3.63) is 40.4 Å². The highest BCUT2D eigenvalue weighted by Gasteiger charge is 2.24. The zero-order valence-corrected chi connectivity index (χ0v) is 12.5. The fourth-order valence-electron chi connectivity index (χ4n) is 2.06. The van der Waals surface area contributed by atoms with Crippen LogP contribution in [0.5, 0.6) is 0 Å². The molecule has 2 nitrogen and oxygen atoms in total. The Morgan fingerprint density at radius 2 is 2.11 bits per heavy atom. The molecule has 1 aromatic carbocycles. The normalized spacial score (nSPS) is 19.6. The van der Waals surface area contributed by atoms with Crippen LogP contribution in [0.1, 0.15) is 25.3 Å². The molecule has 1 heterocycles. The highest BCUT2D eigenvalue weighted by Crippen LogP contribution is 2.29. The van der Waals surface area contributed by atoms with E-state index in [0.29, 0.717) is 19.4 Å². The van der Waals surface area contributed by atoms with E-state index in [1.807, 2.05) is 19.1 Å². The first-order valence-electron chi connectivity index (χ1n) is 6.00. The maximum atomic E-state index is 11.7. The molecule has 1 unspecified atom stereocenters. The molecule has 18 heavy (non-hydrogen) atoms. The average molecular weight is 329 g/mol. The third kappa shape index (κ3) is 2.96. The van der Waals surface area contributed by atoms with Gasteiger partial charge in [-0.05, 0) is 23.3 Å². The molecule has 0 fully saturated rings. The van der Waals surface area contributed by atoms with E-state index in [4.69, 9.17) is 11.6 Å². The number of benzene rings is 1. The van der Waals surface area contributed by atoms with Crippen molar-refractivity contribution < 1.29 is 4.79 Å². The molecule has 0 aromatic heterocycles. The van der Waals surface area contributed by atoms with Crippen molar-refractivity contribution in [2.45, 2.75) is 25.3 Å². The molecule has 96 valence electrons. The Bertz CT molecular complexity index is 469. The van der Waals surface area contributed by atoms with Crippen LogP contribution in [-0.2, 0) is 4.79 Å². The van der Waals surface area contributed by atoms with E-state index in [2.05, 4.69) is 34.1 Å². The molecule has 0 spiro atoms. The molecular weight excluding hydrogens is 314 g/mol. The Hall–Kier alpha value is -0.800. The Kier molecular flexibility index (Phi) is 4.46. The van der Waals surface area contributed by atoms with Crippen molar-refractivity contribution >= 4 is 39.0 Å². The van der Waals surface area contributed by atoms with E-state index in [0.717, 1.165) is 4.47 Å². The number of rotatable bonds is 2. The zero-order chi connectivity index (χ0) is 13.1. The first kappa shape index (κ1) is 13.6. The van der Waals surface area contributed by atoms with Gasteiger partial charge in [0.1, 0.15) is 5.50 Å². The van der Waals surface area contributed by atoms with Crippen LogP contribution in [0.4, 0.5) is 0 Å². The van der Waals surface area contributed by atoms with Gasteiger partial charge in [0, 0.05) is 23.9 Å². The smallest absolute Gasteiger partial charge is 0.223 e. The molecule has 0 saturated heterocycles. The van der Waals surface area contributed by atoms with Gasteiger partial charge in [0.15, 0.2) is 0 Å². The molecule has 1 amide bonds. The minimum atomic E-state index is -0.235. The molecule has 0 saturated carbocycles. The monoisotopic (exact) mass is 327 g/mol. The highest BCUT2D eigenvalue weighted by atomic mass is 79.9. The summed E-state index contributed by atoms with van der Waals surface area (Å²) in [5.74, 6) is 0.112. The van der Waals surface area contributed by atoms with Crippen molar-refractivity contribution in [2.24, 2.45) is 0 Å². The summed E-state index contributed by atoms with van der Waals surface area (Å²) in [4.78, 5) is 13.4. The number of amides is 1. The molecule has 4 heteroatoms. The zero-order valence-electron chi connectivity index (χ0n) is 10.2. The van der Waals surface area contributed by atoms with Gasteiger partial charge in [0.25, 0.3) is 0 Å². The predicted molar refractivity (Wildman–Crippen MR) is 78.4 cm³/mol. The van der Waals surface area contributed by atoms with E-state index >= 15 is 0 Å². The Morgan fingerprint density at radius 1 is 1.44 bits per heavy atom. The summed E-state index contributed by atoms with van der Waals surface area (Å²) < 4.78 is 1.06. The third-order valence-corrected chi connectivity index (χ3v) is 4.02. The van der Waals surface area contributed by atoms with Gasteiger partial charge in [0.2, 0.25) is 5.91 Å². The molecule has 1 aliphatic rings. The molecule has 1 atom stereocenters. The maximum absolute atomic E-state index is 11.7. The first-order chi connectivity index (χ1) is 8.61. The largest absolute Gasteiger partial charge is 0.322 e. The van der Waals surface area contributed by atoms with E-state index < -0.39 is 0 Å². The van der Waals surface area contributed by atoms with Crippen LogP contribution >= 0.6 is 27.5 Å². The number of nitrogens with zero attached hydrogens (tertiary/aromatic N) is 1. The molecule has 0 radical (unpaired) electrons. The van der Waals surface area contributed by atoms with Gasteiger partial charge < -0.3 is 4.90 Å². The van der Waals surface area contributed by atoms with Gasteiger partial charge in [-0.15, -0.1) is 0 Å². The second-order valence-electron chi connectivity index (χ2n) is 4.27. The summed E-state index contributed by atoms with van der Waals surface area (Å²) in [7, 11) is 0. The molecule has 0 aliphatic carbocycles. The second-order valence-corrected chi connectivity index (χ2v) is 5.69. The summed E-state index contributed by atoms with van der Waals surface area (Å²) >= 11 is 9.71. The Labute approximate surface area is 121 Å². The molecule has 0 N–H and O–H groups in total. The lowest BCUT2D eigenvalue weighted by molar-refractivity contribution is -0.131. The van der Waals surface area contributed by atoms with Crippen LogP contribution < -0.4 is 0 Å². The highest BCUT2D eigenvalue weighted by molar-refractivity contribution is 9.10. The van der Waals surface area contributed by atoms with E-state index in [1.54, 1.807) is 4.90 Å². The van der Waals surface area contributed by atoms with E-state index in [9.17, 15) is 4.79 Å². The van der Waals surface area contributed by atoms with Crippen LogP contribution in [0, 0.1) is 0 Å². The summed E-state index contributed by atoms with van der Waals surface area (Å²) in [5.41, 5.74) is 2.15.